The van der Waals surface area contributed by atoms with E-state index in [-0.39, 0.29) is 29.8 Å². The van der Waals surface area contributed by atoms with Gasteiger partial charge in [-0.3, -0.25) is 14.5 Å². The Morgan fingerprint density at radius 2 is 1.93 bits per heavy atom. The lowest BCUT2D eigenvalue weighted by Gasteiger charge is -2.30. The highest BCUT2D eigenvalue weighted by molar-refractivity contribution is 5.90. The molecule has 2 fully saturated rings. The summed E-state index contributed by atoms with van der Waals surface area (Å²) >= 11 is 0. The Kier molecular flexibility index (Phi) is 7.30. The van der Waals surface area contributed by atoms with Crippen molar-refractivity contribution in [3.8, 4) is 0 Å². The van der Waals surface area contributed by atoms with Crippen LogP contribution in [0.15, 0.2) is 24.3 Å². The smallest absolute Gasteiger partial charge is 0.242 e. The largest absolute Gasteiger partial charge is 0.353 e. The molecule has 6 nitrogen and oxygen atoms in total. The van der Waals surface area contributed by atoms with E-state index in [1.165, 1.54) is 11.1 Å². The SMILES string of the molecule is Cc1ccc(CN(CC(C)C)C2CC(C(=O)NCCN)N(C(=O)C3CC3)C2)cc1. The Bertz CT molecular complexity index is 699. The van der Waals surface area contributed by atoms with Crippen molar-refractivity contribution in [2.75, 3.05) is 26.2 Å². The number of nitrogens with one attached hydrogen (secondary N) is 1. The average molecular weight is 401 g/mol. The summed E-state index contributed by atoms with van der Waals surface area (Å²) in [4.78, 5) is 30.0. The minimum atomic E-state index is -0.382. The number of nitrogens with two attached hydrogens (primary N) is 1. The summed E-state index contributed by atoms with van der Waals surface area (Å²) in [6.07, 6.45) is 2.60. The summed E-state index contributed by atoms with van der Waals surface area (Å²) in [5, 5.41) is 2.90. The van der Waals surface area contributed by atoms with E-state index in [4.69, 9.17) is 5.73 Å². The highest BCUT2D eigenvalue weighted by atomic mass is 16.2. The molecule has 6 heteroatoms. The quantitative estimate of drug-likeness (QED) is 0.664. The molecule has 2 atom stereocenters. The topological polar surface area (TPSA) is 78.7 Å². The molecule has 1 aromatic rings. The second kappa shape index (κ2) is 9.72. The molecule has 1 saturated carbocycles. The van der Waals surface area contributed by atoms with Crippen molar-refractivity contribution in [1.82, 2.24) is 15.1 Å². The van der Waals surface area contributed by atoms with Crippen LogP contribution in [0.5, 0.6) is 0 Å². The fourth-order valence-electron chi connectivity index (χ4n) is 4.19. The van der Waals surface area contributed by atoms with E-state index in [1.54, 1.807) is 0 Å². The van der Waals surface area contributed by atoms with Crippen molar-refractivity contribution in [2.24, 2.45) is 17.6 Å². The maximum Gasteiger partial charge on any atom is 0.242 e. The molecule has 2 amide bonds. The second-order valence-corrected chi connectivity index (χ2v) is 9.06. The number of hydrogen-bond acceptors (Lipinski definition) is 4. The molecule has 0 spiro atoms. The Labute approximate surface area is 174 Å². The Balaban J connectivity index is 1.76. The number of carbonyl (C=O) groups is 2. The molecule has 3 N–H and O–H groups in total. The third-order valence-electron chi connectivity index (χ3n) is 5.86. The third kappa shape index (κ3) is 5.80. The molecule has 0 radical (unpaired) electrons. The molecule has 29 heavy (non-hydrogen) atoms. The van der Waals surface area contributed by atoms with E-state index in [9.17, 15) is 9.59 Å². The van der Waals surface area contributed by atoms with Gasteiger partial charge in [-0.05, 0) is 37.7 Å². The molecule has 3 rings (SSSR count). The van der Waals surface area contributed by atoms with Gasteiger partial charge in [0, 0.05) is 44.7 Å². The summed E-state index contributed by atoms with van der Waals surface area (Å²) in [6.45, 7) is 9.81. The molecule has 1 aromatic carbocycles. The fraction of sp³-hybridized carbons (Fsp3) is 0.652. The molecule has 1 aliphatic carbocycles. The number of nitrogens with zero attached hydrogens (tertiary/aromatic N) is 2. The number of rotatable bonds is 9. The summed E-state index contributed by atoms with van der Waals surface area (Å²) in [5.41, 5.74) is 8.07. The van der Waals surface area contributed by atoms with E-state index < -0.39 is 0 Å². The lowest BCUT2D eigenvalue weighted by molar-refractivity contribution is -0.139. The van der Waals surface area contributed by atoms with Crippen LogP contribution in [-0.4, -0.2) is 59.9 Å². The fourth-order valence-corrected chi connectivity index (χ4v) is 4.19. The van der Waals surface area contributed by atoms with E-state index in [2.05, 4.69) is 55.3 Å². The van der Waals surface area contributed by atoms with Crippen LogP contribution < -0.4 is 11.1 Å². The van der Waals surface area contributed by atoms with Gasteiger partial charge in [0.2, 0.25) is 11.8 Å². The van der Waals surface area contributed by atoms with Gasteiger partial charge in [-0.2, -0.15) is 0 Å². The van der Waals surface area contributed by atoms with E-state index in [1.807, 2.05) is 4.90 Å². The Morgan fingerprint density at radius 1 is 1.24 bits per heavy atom. The number of carbonyl (C=O) groups excluding carboxylic acids is 2. The van der Waals surface area contributed by atoms with Gasteiger partial charge in [-0.25, -0.2) is 0 Å². The molecule has 2 unspecified atom stereocenters. The Hall–Kier alpha value is -1.92. The first-order valence-electron chi connectivity index (χ1n) is 11.0. The highest BCUT2D eigenvalue weighted by Gasteiger charge is 2.45. The van der Waals surface area contributed by atoms with Crippen LogP contribution in [0, 0.1) is 18.8 Å². The molecule has 1 heterocycles. The second-order valence-electron chi connectivity index (χ2n) is 9.06. The van der Waals surface area contributed by atoms with Crippen LogP contribution in [0.1, 0.15) is 44.2 Å². The molecule has 160 valence electrons. The summed E-state index contributed by atoms with van der Waals surface area (Å²) in [6, 6.07) is 8.45. The zero-order chi connectivity index (χ0) is 21.0. The average Bonchev–Trinajstić information content (AvgIpc) is 3.44. The molecule has 1 saturated heterocycles. The lowest BCUT2D eigenvalue weighted by Crippen LogP contribution is -2.47. The van der Waals surface area contributed by atoms with Gasteiger partial charge in [-0.1, -0.05) is 43.7 Å². The highest BCUT2D eigenvalue weighted by Crippen LogP contribution is 2.35. The van der Waals surface area contributed by atoms with Crippen LogP contribution in [0.4, 0.5) is 0 Å². The van der Waals surface area contributed by atoms with E-state index >= 15 is 0 Å². The van der Waals surface area contributed by atoms with Gasteiger partial charge in [-0.15, -0.1) is 0 Å². The summed E-state index contributed by atoms with van der Waals surface area (Å²) in [7, 11) is 0. The van der Waals surface area contributed by atoms with Gasteiger partial charge in [0.05, 0.1) is 0 Å². The maximum absolute atomic E-state index is 12.9. The first-order chi connectivity index (χ1) is 13.9. The summed E-state index contributed by atoms with van der Waals surface area (Å²) in [5.74, 6) is 0.722. The predicted octanol–water partition coefficient (Wildman–Crippen LogP) is 1.91. The maximum atomic E-state index is 12.9. The summed E-state index contributed by atoms with van der Waals surface area (Å²) < 4.78 is 0. The van der Waals surface area contributed by atoms with Gasteiger partial charge >= 0.3 is 0 Å². The van der Waals surface area contributed by atoms with E-state index in [0.29, 0.717) is 32.0 Å². The van der Waals surface area contributed by atoms with Crippen LogP contribution >= 0.6 is 0 Å². The zero-order valence-electron chi connectivity index (χ0n) is 18.1. The van der Waals surface area contributed by atoms with Crippen molar-refractivity contribution in [2.45, 2.75) is 58.7 Å². The van der Waals surface area contributed by atoms with E-state index in [0.717, 1.165) is 25.9 Å². The van der Waals surface area contributed by atoms with Gasteiger partial charge in [0.25, 0.3) is 0 Å². The monoisotopic (exact) mass is 400 g/mol. The number of amides is 2. The molecular weight excluding hydrogens is 364 g/mol. The van der Waals surface area contributed by atoms with Crippen LogP contribution in [0.2, 0.25) is 0 Å². The molecule has 2 aliphatic rings. The minimum absolute atomic E-state index is 0.0632. The molecule has 0 bridgehead atoms. The lowest BCUT2D eigenvalue weighted by atomic mass is 10.1. The van der Waals surface area contributed by atoms with Crippen molar-refractivity contribution >= 4 is 11.8 Å². The normalized spacial score (nSPS) is 21.8. The number of hydrogen-bond donors (Lipinski definition) is 2. The van der Waals surface area contributed by atoms with Gasteiger partial charge in [0.15, 0.2) is 0 Å². The number of likely N-dealkylation sites (tertiary alicyclic amines) is 1. The van der Waals surface area contributed by atoms with Gasteiger partial charge < -0.3 is 16.0 Å². The predicted molar refractivity (Wildman–Crippen MR) is 115 cm³/mol. The zero-order valence-corrected chi connectivity index (χ0v) is 18.1. The molecule has 1 aliphatic heterocycles. The van der Waals surface area contributed by atoms with Crippen molar-refractivity contribution < 1.29 is 9.59 Å². The van der Waals surface area contributed by atoms with Crippen LogP contribution in [-0.2, 0) is 16.1 Å². The number of benzene rings is 1. The number of aryl methyl sites for hydroxylation is 1. The molecular formula is C23H36N4O2. The minimum Gasteiger partial charge on any atom is -0.353 e. The first-order valence-corrected chi connectivity index (χ1v) is 11.0. The standard InChI is InChI=1S/C23H36N4O2/c1-16(2)13-26(14-18-6-4-17(3)5-7-18)20-12-21(22(28)25-11-10-24)27(15-20)23(29)19-8-9-19/h4-7,16,19-21H,8-15,24H2,1-3H3,(H,25,28). The van der Waals surface area contributed by atoms with Gasteiger partial charge in [0.1, 0.15) is 6.04 Å². The first kappa shape index (κ1) is 21.8. The van der Waals surface area contributed by atoms with Crippen LogP contribution in [0.25, 0.3) is 0 Å². The van der Waals surface area contributed by atoms with Crippen LogP contribution in [0.3, 0.4) is 0 Å². The Morgan fingerprint density at radius 3 is 2.52 bits per heavy atom. The van der Waals surface area contributed by atoms with Crippen molar-refractivity contribution in [1.29, 1.82) is 0 Å². The van der Waals surface area contributed by atoms with Crippen molar-refractivity contribution in [3.05, 3.63) is 35.4 Å². The van der Waals surface area contributed by atoms with Crippen molar-refractivity contribution in [3.63, 3.8) is 0 Å². The molecule has 0 aromatic heterocycles. The third-order valence-corrected chi connectivity index (χ3v) is 5.86.